The predicted octanol–water partition coefficient (Wildman–Crippen LogP) is 3.14. The van der Waals surface area contributed by atoms with Crippen LogP contribution in [0.1, 0.15) is 15.9 Å². The van der Waals surface area contributed by atoms with E-state index in [0.717, 1.165) is 11.6 Å². The van der Waals surface area contributed by atoms with Crippen LogP contribution in [0.4, 0.5) is 5.69 Å². The lowest BCUT2D eigenvalue weighted by Crippen LogP contribution is -2.10. The van der Waals surface area contributed by atoms with Crippen molar-refractivity contribution >= 4 is 11.7 Å². The van der Waals surface area contributed by atoms with Crippen molar-refractivity contribution in [3.8, 4) is 17.2 Å². The number of esters is 1. The third kappa shape index (κ3) is 3.57. The lowest BCUT2D eigenvalue weighted by molar-refractivity contribution is -0.385. The van der Waals surface area contributed by atoms with Crippen molar-refractivity contribution in [1.29, 1.82) is 0 Å². The van der Waals surface area contributed by atoms with Crippen LogP contribution >= 0.6 is 0 Å². The van der Waals surface area contributed by atoms with E-state index in [9.17, 15) is 14.9 Å². The molecule has 0 aromatic heterocycles. The fourth-order valence-corrected chi connectivity index (χ4v) is 1.98. The van der Waals surface area contributed by atoms with Gasteiger partial charge in [-0.05, 0) is 36.8 Å². The Hall–Kier alpha value is -3.09. The molecule has 7 heteroatoms. The number of hydrogen-bond donors (Lipinski definition) is 0. The van der Waals surface area contributed by atoms with Crippen LogP contribution in [0.5, 0.6) is 17.2 Å². The van der Waals surface area contributed by atoms with Gasteiger partial charge in [-0.1, -0.05) is 6.07 Å². The van der Waals surface area contributed by atoms with E-state index in [2.05, 4.69) is 0 Å². The van der Waals surface area contributed by atoms with Crippen LogP contribution in [0.3, 0.4) is 0 Å². The molecule has 120 valence electrons. The van der Waals surface area contributed by atoms with Gasteiger partial charge in [-0.15, -0.1) is 0 Å². The van der Waals surface area contributed by atoms with Gasteiger partial charge in [0.15, 0.2) is 17.2 Å². The Morgan fingerprint density at radius 3 is 2.26 bits per heavy atom. The summed E-state index contributed by atoms with van der Waals surface area (Å²) in [6.07, 6.45) is 0. The molecule has 0 heterocycles. The Morgan fingerprint density at radius 2 is 1.65 bits per heavy atom. The molecule has 0 spiro atoms. The summed E-state index contributed by atoms with van der Waals surface area (Å²) in [6.45, 7) is 1.88. The number of rotatable bonds is 5. The van der Waals surface area contributed by atoms with Crippen molar-refractivity contribution in [3.63, 3.8) is 0 Å². The highest BCUT2D eigenvalue weighted by Crippen LogP contribution is 2.31. The van der Waals surface area contributed by atoms with Gasteiger partial charge in [-0.2, -0.15) is 0 Å². The van der Waals surface area contributed by atoms with Crippen molar-refractivity contribution in [3.05, 3.63) is 57.6 Å². The summed E-state index contributed by atoms with van der Waals surface area (Å²) >= 11 is 0. The molecule has 0 unspecified atom stereocenters. The fraction of sp³-hybridized carbons (Fsp3) is 0.188. The third-order valence-electron chi connectivity index (χ3n) is 3.13. The minimum atomic E-state index is -0.724. The topological polar surface area (TPSA) is 87.9 Å². The van der Waals surface area contributed by atoms with E-state index in [1.54, 1.807) is 18.2 Å². The number of hydrogen-bond acceptors (Lipinski definition) is 6. The van der Waals surface area contributed by atoms with Crippen LogP contribution < -0.4 is 14.2 Å². The average Bonchev–Trinajstić information content (AvgIpc) is 2.55. The van der Waals surface area contributed by atoms with Crippen molar-refractivity contribution in [2.75, 3.05) is 14.2 Å². The lowest BCUT2D eigenvalue weighted by atomic mass is 10.2. The molecule has 0 fully saturated rings. The molecule has 0 saturated heterocycles. The Morgan fingerprint density at radius 1 is 1.00 bits per heavy atom. The molecule has 0 saturated carbocycles. The van der Waals surface area contributed by atoms with Gasteiger partial charge in [-0.3, -0.25) is 10.1 Å². The summed E-state index contributed by atoms with van der Waals surface area (Å²) in [7, 11) is 2.78. The predicted molar refractivity (Wildman–Crippen MR) is 82.3 cm³/mol. The van der Waals surface area contributed by atoms with Crippen molar-refractivity contribution < 1.29 is 23.9 Å². The van der Waals surface area contributed by atoms with Gasteiger partial charge < -0.3 is 14.2 Å². The zero-order valence-electron chi connectivity index (χ0n) is 12.9. The highest BCUT2D eigenvalue weighted by atomic mass is 16.6. The molecule has 0 bridgehead atoms. The number of aryl methyl sites for hydroxylation is 1. The second kappa shape index (κ2) is 6.78. The zero-order chi connectivity index (χ0) is 17.0. The smallest absolute Gasteiger partial charge is 0.343 e. The SMILES string of the molecule is COc1cc(C)ccc1OC(=O)c1ccc(OC)c([N+](=O)[O-])c1. The maximum atomic E-state index is 12.2. The molecule has 2 aromatic rings. The summed E-state index contributed by atoms with van der Waals surface area (Å²) in [4.78, 5) is 22.6. The number of nitrogens with zero attached hydrogens (tertiary/aromatic N) is 1. The lowest BCUT2D eigenvalue weighted by Gasteiger charge is -2.10. The van der Waals surface area contributed by atoms with Gasteiger partial charge in [0.25, 0.3) is 0 Å². The van der Waals surface area contributed by atoms with Crippen molar-refractivity contribution in [2.45, 2.75) is 6.92 Å². The van der Waals surface area contributed by atoms with Crippen LogP contribution in [0.25, 0.3) is 0 Å². The Bertz CT molecular complexity index is 756. The summed E-state index contributed by atoms with van der Waals surface area (Å²) < 4.78 is 15.3. The highest BCUT2D eigenvalue weighted by molar-refractivity contribution is 5.92. The number of nitro benzene ring substituents is 1. The quantitative estimate of drug-likeness (QED) is 0.364. The normalized spacial score (nSPS) is 10.0. The third-order valence-corrected chi connectivity index (χ3v) is 3.13. The first kappa shape index (κ1) is 16.3. The van der Waals surface area contributed by atoms with Gasteiger partial charge in [0.2, 0.25) is 0 Å². The molecule has 0 amide bonds. The minimum absolute atomic E-state index is 0.0418. The van der Waals surface area contributed by atoms with Crippen molar-refractivity contribution in [2.24, 2.45) is 0 Å². The molecule has 0 radical (unpaired) electrons. The Labute approximate surface area is 132 Å². The first-order valence-electron chi connectivity index (χ1n) is 6.65. The number of benzene rings is 2. The van der Waals surface area contributed by atoms with E-state index in [-0.39, 0.29) is 22.7 Å². The summed E-state index contributed by atoms with van der Waals surface area (Å²) in [5, 5.41) is 11.0. The number of carbonyl (C=O) groups excluding carboxylic acids is 1. The molecular formula is C16H15NO6. The van der Waals surface area contributed by atoms with Crippen LogP contribution in [0.2, 0.25) is 0 Å². The minimum Gasteiger partial charge on any atom is -0.493 e. The summed E-state index contributed by atoms with van der Waals surface area (Å²) in [6, 6.07) is 8.95. The fourth-order valence-electron chi connectivity index (χ4n) is 1.98. The molecule has 0 aliphatic heterocycles. The largest absolute Gasteiger partial charge is 0.493 e. The van der Waals surface area contributed by atoms with E-state index < -0.39 is 10.9 Å². The number of nitro groups is 1. The maximum Gasteiger partial charge on any atom is 0.343 e. The van der Waals surface area contributed by atoms with Gasteiger partial charge >= 0.3 is 11.7 Å². The number of carbonyl (C=O) groups is 1. The number of ether oxygens (including phenoxy) is 3. The monoisotopic (exact) mass is 317 g/mol. The molecule has 2 rings (SSSR count). The van der Waals surface area contributed by atoms with Crippen molar-refractivity contribution in [1.82, 2.24) is 0 Å². The first-order valence-corrected chi connectivity index (χ1v) is 6.65. The average molecular weight is 317 g/mol. The van der Waals surface area contributed by atoms with Crippen LogP contribution in [-0.4, -0.2) is 25.1 Å². The van der Waals surface area contributed by atoms with Crippen LogP contribution in [0, 0.1) is 17.0 Å². The van der Waals surface area contributed by atoms with E-state index in [0.29, 0.717) is 5.75 Å². The molecule has 0 aliphatic carbocycles. The van der Waals surface area contributed by atoms with E-state index in [1.807, 2.05) is 6.92 Å². The maximum absolute atomic E-state index is 12.2. The standard InChI is InChI=1S/C16H15NO6/c1-10-4-6-14(15(8-10)22-3)23-16(18)11-5-7-13(21-2)12(9-11)17(19)20/h4-9H,1-3H3. The molecule has 23 heavy (non-hydrogen) atoms. The van der Waals surface area contributed by atoms with Gasteiger partial charge in [0.05, 0.1) is 24.7 Å². The second-order valence-corrected chi connectivity index (χ2v) is 4.69. The Balaban J connectivity index is 2.31. The molecule has 7 nitrogen and oxygen atoms in total. The summed E-state index contributed by atoms with van der Waals surface area (Å²) in [5.41, 5.74) is 0.680. The zero-order valence-corrected chi connectivity index (χ0v) is 12.9. The Kier molecular flexibility index (Phi) is 4.80. The molecule has 2 aromatic carbocycles. The number of methoxy groups -OCH3 is 2. The summed E-state index contributed by atoms with van der Waals surface area (Å²) in [5.74, 6) is -0.0136. The van der Waals surface area contributed by atoms with E-state index in [1.165, 1.54) is 26.4 Å². The molecule has 0 atom stereocenters. The highest BCUT2D eigenvalue weighted by Gasteiger charge is 2.20. The van der Waals surface area contributed by atoms with E-state index in [4.69, 9.17) is 14.2 Å². The van der Waals surface area contributed by atoms with Crippen LogP contribution in [-0.2, 0) is 0 Å². The molecule has 0 N–H and O–H groups in total. The van der Waals surface area contributed by atoms with Gasteiger partial charge in [0.1, 0.15) is 0 Å². The van der Waals surface area contributed by atoms with Gasteiger partial charge in [-0.25, -0.2) is 4.79 Å². The molecular weight excluding hydrogens is 302 g/mol. The molecule has 0 aliphatic rings. The second-order valence-electron chi connectivity index (χ2n) is 4.69. The van der Waals surface area contributed by atoms with E-state index >= 15 is 0 Å². The first-order chi connectivity index (χ1) is 11.0. The van der Waals surface area contributed by atoms with Crippen LogP contribution in [0.15, 0.2) is 36.4 Å². The van der Waals surface area contributed by atoms with Gasteiger partial charge in [0, 0.05) is 6.07 Å².